The van der Waals surface area contributed by atoms with Gasteiger partial charge in [-0.25, -0.2) is 0 Å². The largest absolute Gasteiger partial charge is 0.341 e. The fraction of sp³-hybridized carbons (Fsp3) is 0.611. The second-order valence-electron chi connectivity index (χ2n) is 5.36. The second-order valence-corrected chi connectivity index (χ2v) is 5.36. The molecule has 0 aliphatic rings. The van der Waals surface area contributed by atoms with Crippen LogP contribution in [0.5, 0.6) is 0 Å². The molecule has 1 heterocycles. The zero-order valence-corrected chi connectivity index (χ0v) is 15.5. The van der Waals surface area contributed by atoms with Crippen molar-refractivity contribution in [3.63, 3.8) is 0 Å². The molecule has 24 heavy (non-hydrogen) atoms. The minimum atomic E-state index is 0.479. The number of nitrogens with zero attached hydrogens (tertiary/aromatic N) is 6. The molecule has 0 aromatic carbocycles. The molecule has 0 fully saturated rings. The summed E-state index contributed by atoms with van der Waals surface area (Å²) in [6.45, 7) is 16.7. The Morgan fingerprint density at radius 1 is 0.917 bits per heavy atom. The quantitative estimate of drug-likeness (QED) is 0.459. The minimum Gasteiger partial charge on any atom is -0.341 e. The fourth-order valence-electron chi connectivity index (χ4n) is 2.41. The summed E-state index contributed by atoms with van der Waals surface area (Å²) in [6.07, 6.45) is 8.37. The van der Waals surface area contributed by atoms with E-state index in [4.69, 9.17) is 11.4 Å². The molecule has 0 amide bonds. The molecule has 0 aliphatic heterocycles. The molecule has 6 heteroatoms. The molecule has 0 spiro atoms. The summed E-state index contributed by atoms with van der Waals surface area (Å²) in [6, 6.07) is 0. The standard InChI is InChI=1S/C18H30N6/c1-7-13-23(12-6)17-19-16(22(10-4)11-5)20-18(21-17)24(14-8-2)15-9-3/h1,8H,2,9-15H2,3-6H3. The lowest BCUT2D eigenvalue weighted by Crippen LogP contribution is -2.32. The topological polar surface area (TPSA) is 48.4 Å². The molecular formula is C18H30N6. The molecule has 1 aromatic rings. The van der Waals surface area contributed by atoms with Crippen LogP contribution in [0.4, 0.5) is 17.8 Å². The SMILES string of the molecule is C#CCN(CC)c1nc(N(CC)CC)nc(N(CC=C)CCC)n1. The zero-order valence-electron chi connectivity index (χ0n) is 15.5. The van der Waals surface area contributed by atoms with E-state index >= 15 is 0 Å². The molecule has 1 aromatic heterocycles. The van der Waals surface area contributed by atoms with Gasteiger partial charge in [0.1, 0.15) is 0 Å². The smallest absolute Gasteiger partial charge is 0.232 e. The van der Waals surface area contributed by atoms with Crippen LogP contribution in [0.1, 0.15) is 34.1 Å². The van der Waals surface area contributed by atoms with E-state index in [1.807, 2.05) is 17.9 Å². The summed E-state index contributed by atoms with van der Waals surface area (Å²) < 4.78 is 0. The predicted molar refractivity (Wildman–Crippen MR) is 103 cm³/mol. The second kappa shape index (κ2) is 10.5. The Bertz CT molecular complexity index is 547. The zero-order chi connectivity index (χ0) is 17.9. The van der Waals surface area contributed by atoms with Crippen LogP contribution in [0.25, 0.3) is 0 Å². The van der Waals surface area contributed by atoms with Crippen molar-refractivity contribution in [1.82, 2.24) is 15.0 Å². The Hall–Kier alpha value is -2.29. The van der Waals surface area contributed by atoms with E-state index in [2.05, 4.69) is 53.0 Å². The first-order valence-electron chi connectivity index (χ1n) is 8.70. The van der Waals surface area contributed by atoms with E-state index < -0.39 is 0 Å². The summed E-state index contributed by atoms with van der Waals surface area (Å²) in [4.78, 5) is 20.2. The third-order valence-electron chi connectivity index (χ3n) is 3.72. The number of aromatic nitrogens is 3. The molecule has 0 aliphatic carbocycles. The van der Waals surface area contributed by atoms with E-state index in [1.165, 1.54) is 0 Å². The van der Waals surface area contributed by atoms with Crippen LogP contribution < -0.4 is 14.7 Å². The highest BCUT2D eigenvalue weighted by Crippen LogP contribution is 2.19. The predicted octanol–water partition coefficient (Wildman–Crippen LogP) is 2.58. The van der Waals surface area contributed by atoms with E-state index in [0.717, 1.165) is 32.6 Å². The van der Waals surface area contributed by atoms with E-state index in [9.17, 15) is 0 Å². The summed E-state index contributed by atoms with van der Waals surface area (Å²) in [5, 5.41) is 0. The Labute approximate surface area is 146 Å². The van der Waals surface area contributed by atoms with Gasteiger partial charge in [-0.1, -0.05) is 18.9 Å². The van der Waals surface area contributed by atoms with Gasteiger partial charge in [0.15, 0.2) is 0 Å². The van der Waals surface area contributed by atoms with Gasteiger partial charge < -0.3 is 14.7 Å². The van der Waals surface area contributed by atoms with Gasteiger partial charge >= 0.3 is 0 Å². The summed E-state index contributed by atoms with van der Waals surface area (Å²) >= 11 is 0. The fourth-order valence-corrected chi connectivity index (χ4v) is 2.41. The van der Waals surface area contributed by atoms with Crippen LogP contribution >= 0.6 is 0 Å². The van der Waals surface area contributed by atoms with Crippen LogP contribution in [-0.4, -0.2) is 54.2 Å². The van der Waals surface area contributed by atoms with Crippen molar-refractivity contribution in [3.8, 4) is 12.3 Å². The number of hydrogen-bond donors (Lipinski definition) is 0. The maximum absolute atomic E-state index is 5.49. The molecule has 0 saturated carbocycles. The van der Waals surface area contributed by atoms with Crippen LogP contribution in [0.3, 0.4) is 0 Å². The van der Waals surface area contributed by atoms with Gasteiger partial charge in [-0.2, -0.15) is 15.0 Å². The third kappa shape index (κ3) is 5.12. The first kappa shape index (κ1) is 19.8. The molecule has 0 N–H and O–H groups in total. The third-order valence-corrected chi connectivity index (χ3v) is 3.72. The van der Waals surface area contributed by atoms with Crippen LogP contribution in [0, 0.1) is 12.3 Å². The van der Waals surface area contributed by atoms with Crippen molar-refractivity contribution in [2.45, 2.75) is 34.1 Å². The van der Waals surface area contributed by atoms with Crippen LogP contribution in [0.2, 0.25) is 0 Å². The van der Waals surface area contributed by atoms with Crippen LogP contribution in [0.15, 0.2) is 12.7 Å². The molecule has 0 saturated heterocycles. The maximum Gasteiger partial charge on any atom is 0.232 e. The molecule has 6 nitrogen and oxygen atoms in total. The number of terminal acetylenes is 1. The minimum absolute atomic E-state index is 0.479. The normalized spacial score (nSPS) is 10.1. The number of hydrogen-bond acceptors (Lipinski definition) is 6. The van der Waals surface area contributed by atoms with E-state index in [-0.39, 0.29) is 0 Å². The first-order valence-corrected chi connectivity index (χ1v) is 8.70. The van der Waals surface area contributed by atoms with Gasteiger partial charge in [-0.15, -0.1) is 13.0 Å². The average molecular weight is 330 g/mol. The molecule has 0 atom stereocenters. The highest BCUT2D eigenvalue weighted by molar-refractivity contribution is 5.47. The first-order chi connectivity index (χ1) is 11.6. The van der Waals surface area contributed by atoms with Crippen molar-refractivity contribution < 1.29 is 0 Å². The molecule has 132 valence electrons. The van der Waals surface area contributed by atoms with Gasteiger partial charge in [-0.3, -0.25) is 0 Å². The van der Waals surface area contributed by atoms with Gasteiger partial charge in [0.05, 0.1) is 6.54 Å². The lowest BCUT2D eigenvalue weighted by Gasteiger charge is -2.26. The Balaban J connectivity index is 3.37. The molecule has 0 unspecified atom stereocenters. The summed E-state index contributed by atoms with van der Waals surface area (Å²) in [5.74, 6) is 4.68. The van der Waals surface area contributed by atoms with Crippen molar-refractivity contribution in [1.29, 1.82) is 0 Å². The maximum atomic E-state index is 5.49. The monoisotopic (exact) mass is 330 g/mol. The van der Waals surface area contributed by atoms with Crippen LogP contribution in [-0.2, 0) is 0 Å². The highest BCUT2D eigenvalue weighted by Gasteiger charge is 2.17. The van der Waals surface area contributed by atoms with Crippen molar-refractivity contribution in [2.24, 2.45) is 0 Å². The lowest BCUT2D eigenvalue weighted by molar-refractivity contribution is 0.747. The molecule has 1 rings (SSSR count). The number of rotatable bonds is 11. The Kier molecular flexibility index (Phi) is 8.63. The molecular weight excluding hydrogens is 300 g/mol. The van der Waals surface area contributed by atoms with Crippen molar-refractivity contribution >= 4 is 17.8 Å². The average Bonchev–Trinajstić information content (AvgIpc) is 2.60. The molecule has 0 bridgehead atoms. The Morgan fingerprint density at radius 2 is 1.42 bits per heavy atom. The van der Waals surface area contributed by atoms with Gasteiger partial charge in [-0.05, 0) is 27.2 Å². The van der Waals surface area contributed by atoms with Crippen molar-refractivity contribution in [3.05, 3.63) is 12.7 Å². The highest BCUT2D eigenvalue weighted by atomic mass is 15.4. The van der Waals surface area contributed by atoms with Crippen molar-refractivity contribution in [2.75, 3.05) is 54.0 Å². The summed E-state index contributed by atoms with van der Waals surface area (Å²) in [7, 11) is 0. The lowest BCUT2D eigenvalue weighted by atomic mass is 10.4. The van der Waals surface area contributed by atoms with Gasteiger partial charge in [0.25, 0.3) is 0 Å². The van der Waals surface area contributed by atoms with Gasteiger partial charge in [0.2, 0.25) is 17.8 Å². The van der Waals surface area contributed by atoms with Gasteiger partial charge in [0, 0.05) is 32.7 Å². The summed E-state index contributed by atoms with van der Waals surface area (Å²) in [5.41, 5.74) is 0. The van der Waals surface area contributed by atoms with E-state index in [1.54, 1.807) is 0 Å². The Morgan fingerprint density at radius 3 is 1.83 bits per heavy atom. The van der Waals surface area contributed by atoms with E-state index in [0.29, 0.717) is 30.9 Å². The number of anilines is 3. The molecule has 0 radical (unpaired) electrons.